The van der Waals surface area contributed by atoms with E-state index in [-0.39, 0.29) is 4.90 Å². The van der Waals surface area contributed by atoms with Crippen LogP contribution in [-0.2, 0) is 21.4 Å². The molecule has 8 heteroatoms. The molecule has 0 radical (unpaired) electrons. The summed E-state index contributed by atoms with van der Waals surface area (Å²) in [6, 6.07) is 3.63. The third-order valence-corrected chi connectivity index (χ3v) is 2.94. The van der Waals surface area contributed by atoms with Crippen molar-refractivity contribution in [1.29, 1.82) is 0 Å². The Morgan fingerprint density at radius 1 is 1.40 bits per heavy atom. The number of rotatable bonds is 3. The first kappa shape index (κ1) is 12.1. The van der Waals surface area contributed by atoms with Gasteiger partial charge in [-0.15, -0.1) is 0 Å². The summed E-state index contributed by atoms with van der Waals surface area (Å²) in [7, 11) is -4.24. The summed E-state index contributed by atoms with van der Waals surface area (Å²) >= 11 is -2.22. The first-order valence-electron chi connectivity index (χ1n) is 3.76. The molecule has 6 nitrogen and oxygen atoms in total. The van der Waals surface area contributed by atoms with E-state index < -0.39 is 21.4 Å². The summed E-state index contributed by atoms with van der Waals surface area (Å²) in [6.45, 7) is 1.55. The fraction of sp³-hybridized carbons (Fsp3) is 0.143. The van der Waals surface area contributed by atoms with Crippen molar-refractivity contribution in [2.45, 2.75) is 11.8 Å². The Balaban J connectivity index is 3.15. The van der Waals surface area contributed by atoms with Gasteiger partial charge in [0.1, 0.15) is 0 Å². The molecule has 0 heterocycles. The number of hydrogen-bond donors (Lipinski definition) is 3. The van der Waals surface area contributed by atoms with Crippen LogP contribution >= 0.6 is 0 Å². The molecule has 0 aliphatic heterocycles. The molecule has 3 N–H and O–H groups in total. The molecule has 0 spiro atoms. The molecule has 0 bridgehead atoms. The zero-order chi connectivity index (χ0) is 11.6. The lowest BCUT2D eigenvalue weighted by molar-refractivity contribution is 0.483. The van der Waals surface area contributed by atoms with Gasteiger partial charge in [0.2, 0.25) is 0 Å². The average molecular weight is 251 g/mol. The highest BCUT2D eigenvalue weighted by Gasteiger charge is 2.11. The van der Waals surface area contributed by atoms with Gasteiger partial charge in [-0.25, -0.2) is 4.21 Å². The van der Waals surface area contributed by atoms with Gasteiger partial charge in [-0.2, -0.15) is 8.42 Å². The fourth-order valence-electron chi connectivity index (χ4n) is 1.01. The summed E-state index contributed by atoms with van der Waals surface area (Å²) in [5.41, 5.74) is 0.760. The van der Waals surface area contributed by atoms with E-state index in [1.807, 2.05) is 0 Å². The summed E-state index contributed by atoms with van der Waals surface area (Å²) in [5.74, 6) is 0. The van der Waals surface area contributed by atoms with Crippen molar-refractivity contribution in [3.63, 3.8) is 0 Å². The van der Waals surface area contributed by atoms with Crippen LogP contribution < -0.4 is 4.72 Å². The summed E-state index contributed by atoms with van der Waals surface area (Å²) in [4.78, 5) is -0.255. The van der Waals surface area contributed by atoms with Gasteiger partial charge in [0.25, 0.3) is 21.4 Å². The van der Waals surface area contributed by atoms with Crippen LogP contribution in [0.15, 0.2) is 23.1 Å². The number of hydrogen-bond acceptors (Lipinski definition) is 3. The summed E-state index contributed by atoms with van der Waals surface area (Å²) in [6.07, 6.45) is 0. The molecule has 0 amide bonds. The Morgan fingerprint density at radius 3 is 2.40 bits per heavy atom. The molecule has 0 aliphatic rings. The third-order valence-electron chi connectivity index (χ3n) is 1.69. The van der Waals surface area contributed by atoms with Gasteiger partial charge in [-0.3, -0.25) is 13.8 Å². The first-order chi connectivity index (χ1) is 6.80. The predicted octanol–water partition coefficient (Wildman–Crippen LogP) is 0.790. The second kappa shape index (κ2) is 4.27. The molecule has 0 saturated heterocycles. The molecule has 1 atom stereocenters. The standard InChI is InChI=1S/C7H9NO5S2/c1-5-4-6(15(11,12)13)2-3-7(5)8-14(9)10/h2-4,8H,1H3,(H,9,10)(H,11,12,13). The Labute approximate surface area is 89.5 Å². The molecule has 1 unspecified atom stereocenters. The average Bonchev–Trinajstić information content (AvgIpc) is 2.05. The summed E-state index contributed by atoms with van der Waals surface area (Å²) < 4.78 is 51.4. The largest absolute Gasteiger partial charge is 0.294 e. The number of anilines is 1. The van der Waals surface area contributed by atoms with Gasteiger partial charge in [-0.1, -0.05) is 0 Å². The normalized spacial score (nSPS) is 13.5. The van der Waals surface area contributed by atoms with Crippen molar-refractivity contribution in [3.8, 4) is 0 Å². The van der Waals surface area contributed by atoms with Crippen LogP contribution in [0, 0.1) is 6.92 Å². The van der Waals surface area contributed by atoms with E-state index >= 15 is 0 Å². The molecule has 84 valence electrons. The molecule has 1 aromatic rings. The monoisotopic (exact) mass is 251 g/mol. The van der Waals surface area contributed by atoms with Gasteiger partial charge < -0.3 is 0 Å². The second-order valence-electron chi connectivity index (χ2n) is 2.80. The van der Waals surface area contributed by atoms with E-state index in [4.69, 9.17) is 9.11 Å². The number of aryl methyl sites for hydroxylation is 1. The maximum absolute atomic E-state index is 10.7. The van der Waals surface area contributed by atoms with Crippen molar-refractivity contribution in [3.05, 3.63) is 23.8 Å². The van der Waals surface area contributed by atoms with Gasteiger partial charge in [-0.05, 0) is 30.7 Å². The Kier molecular flexibility index (Phi) is 3.45. The minimum absolute atomic E-state index is 0.255. The van der Waals surface area contributed by atoms with Crippen LogP contribution in [0.1, 0.15) is 5.56 Å². The highest BCUT2D eigenvalue weighted by Crippen LogP contribution is 2.19. The zero-order valence-electron chi connectivity index (χ0n) is 7.67. The Bertz CT molecular complexity index is 496. The van der Waals surface area contributed by atoms with Crippen LogP contribution in [0.2, 0.25) is 0 Å². The minimum Gasteiger partial charge on any atom is -0.289 e. The highest BCUT2D eigenvalue weighted by atomic mass is 32.2. The van der Waals surface area contributed by atoms with Crippen LogP contribution in [0.4, 0.5) is 5.69 Å². The van der Waals surface area contributed by atoms with Crippen molar-refractivity contribution in [2.75, 3.05) is 4.72 Å². The van der Waals surface area contributed by atoms with Crippen LogP contribution in [0.25, 0.3) is 0 Å². The van der Waals surface area contributed by atoms with E-state index in [0.717, 1.165) is 6.07 Å². The van der Waals surface area contributed by atoms with Gasteiger partial charge in [0.15, 0.2) is 0 Å². The van der Waals surface area contributed by atoms with Crippen LogP contribution in [0.3, 0.4) is 0 Å². The molecule has 0 aromatic heterocycles. The van der Waals surface area contributed by atoms with E-state index in [9.17, 15) is 12.6 Å². The van der Waals surface area contributed by atoms with Crippen LogP contribution in [0.5, 0.6) is 0 Å². The van der Waals surface area contributed by atoms with Gasteiger partial charge in [0.05, 0.1) is 10.6 Å². The predicted molar refractivity (Wildman–Crippen MR) is 55.4 cm³/mol. The SMILES string of the molecule is Cc1cc(S(=O)(=O)O)ccc1NS(=O)O. The quantitative estimate of drug-likeness (QED) is 0.544. The molecule has 0 fully saturated rings. The molecular formula is C7H9NO5S2. The van der Waals surface area contributed by atoms with Crippen molar-refractivity contribution in [1.82, 2.24) is 0 Å². The van der Waals surface area contributed by atoms with Gasteiger partial charge >= 0.3 is 0 Å². The second-order valence-corrected chi connectivity index (χ2v) is 4.93. The van der Waals surface area contributed by atoms with E-state index in [1.165, 1.54) is 12.1 Å². The number of nitrogens with one attached hydrogen (secondary N) is 1. The van der Waals surface area contributed by atoms with E-state index in [1.54, 1.807) is 6.92 Å². The first-order valence-corrected chi connectivity index (χ1v) is 6.31. The lowest BCUT2D eigenvalue weighted by Crippen LogP contribution is -2.05. The van der Waals surface area contributed by atoms with E-state index in [0.29, 0.717) is 11.3 Å². The van der Waals surface area contributed by atoms with Crippen molar-refractivity contribution >= 4 is 27.1 Å². The Morgan fingerprint density at radius 2 is 2.00 bits per heavy atom. The molecular weight excluding hydrogens is 242 g/mol. The summed E-state index contributed by atoms with van der Waals surface area (Å²) in [5, 5.41) is 0. The molecule has 15 heavy (non-hydrogen) atoms. The fourth-order valence-corrected chi connectivity index (χ4v) is 1.99. The smallest absolute Gasteiger partial charge is 0.289 e. The molecule has 0 aliphatic carbocycles. The molecule has 1 aromatic carbocycles. The molecule has 1 rings (SSSR count). The van der Waals surface area contributed by atoms with Crippen molar-refractivity contribution in [2.24, 2.45) is 0 Å². The Hall–Kier alpha value is -0.960. The zero-order valence-corrected chi connectivity index (χ0v) is 9.30. The third kappa shape index (κ3) is 3.27. The lowest BCUT2D eigenvalue weighted by Gasteiger charge is -2.06. The molecule has 0 saturated carbocycles. The number of benzene rings is 1. The van der Waals surface area contributed by atoms with E-state index in [2.05, 4.69) is 4.72 Å². The lowest BCUT2D eigenvalue weighted by atomic mass is 10.2. The topological polar surface area (TPSA) is 104 Å². The van der Waals surface area contributed by atoms with Gasteiger partial charge in [0, 0.05) is 0 Å². The van der Waals surface area contributed by atoms with Crippen molar-refractivity contribution < 1.29 is 21.7 Å². The highest BCUT2D eigenvalue weighted by molar-refractivity contribution is 7.85. The van der Waals surface area contributed by atoms with Crippen LogP contribution in [-0.4, -0.2) is 21.7 Å². The maximum atomic E-state index is 10.7. The maximum Gasteiger partial charge on any atom is 0.294 e. The minimum atomic E-state index is -4.24.